The molecule has 1 aliphatic heterocycles. The summed E-state index contributed by atoms with van der Waals surface area (Å²) in [6.07, 6.45) is 6.51. The van der Waals surface area contributed by atoms with Gasteiger partial charge in [0.2, 0.25) is 0 Å². The molecule has 0 aliphatic carbocycles. The highest BCUT2D eigenvalue weighted by Gasteiger charge is 2.01. The van der Waals surface area contributed by atoms with Crippen LogP contribution in [-0.2, 0) is 0 Å². The minimum absolute atomic E-state index is 0.125. The molecular weight excluding hydrogens is 102 g/mol. The molecule has 1 rings (SSSR count). The van der Waals surface area contributed by atoms with Gasteiger partial charge in [-0.2, -0.15) is 0 Å². The standard InChI is InChI=1S/C6H9NO/c8-5-6-3-1-2-4-7-6/h1-2,4,6,8H,3,5H2. The summed E-state index contributed by atoms with van der Waals surface area (Å²) in [7, 11) is 0. The van der Waals surface area contributed by atoms with Crippen molar-refractivity contribution in [2.75, 3.05) is 6.61 Å². The molecule has 1 unspecified atom stereocenters. The zero-order valence-electron chi connectivity index (χ0n) is 4.62. The van der Waals surface area contributed by atoms with Crippen LogP contribution in [0.3, 0.4) is 0 Å². The molecule has 0 aromatic heterocycles. The zero-order valence-corrected chi connectivity index (χ0v) is 4.62. The highest BCUT2D eigenvalue weighted by Crippen LogP contribution is 2.00. The highest BCUT2D eigenvalue weighted by atomic mass is 16.3. The van der Waals surface area contributed by atoms with Gasteiger partial charge in [-0.05, 0) is 12.5 Å². The normalized spacial score (nSPS) is 26.4. The van der Waals surface area contributed by atoms with Crippen molar-refractivity contribution in [3.8, 4) is 0 Å². The number of dihydropyridines is 1. The maximum absolute atomic E-state index is 8.54. The van der Waals surface area contributed by atoms with Gasteiger partial charge in [0.05, 0.1) is 12.6 Å². The number of hydrogen-bond acceptors (Lipinski definition) is 2. The van der Waals surface area contributed by atoms with E-state index >= 15 is 0 Å². The minimum Gasteiger partial charge on any atom is -0.394 e. The van der Waals surface area contributed by atoms with Crippen LogP contribution in [0.15, 0.2) is 17.1 Å². The molecule has 0 saturated carbocycles. The lowest BCUT2D eigenvalue weighted by atomic mass is 10.2. The third-order valence-corrected chi connectivity index (χ3v) is 1.14. The Morgan fingerprint density at radius 2 is 2.62 bits per heavy atom. The molecule has 0 spiro atoms. The monoisotopic (exact) mass is 111 g/mol. The van der Waals surface area contributed by atoms with Crippen LogP contribution in [0.5, 0.6) is 0 Å². The number of hydrogen-bond donors (Lipinski definition) is 1. The van der Waals surface area contributed by atoms with Gasteiger partial charge in [-0.1, -0.05) is 6.08 Å². The van der Waals surface area contributed by atoms with E-state index in [-0.39, 0.29) is 12.6 Å². The summed E-state index contributed by atoms with van der Waals surface area (Å²) in [6.45, 7) is 0.167. The maximum atomic E-state index is 8.54. The van der Waals surface area contributed by atoms with Crippen molar-refractivity contribution in [1.29, 1.82) is 0 Å². The predicted molar refractivity (Wildman–Crippen MR) is 33.1 cm³/mol. The average molecular weight is 111 g/mol. The van der Waals surface area contributed by atoms with Gasteiger partial charge in [0, 0.05) is 6.21 Å². The molecule has 0 aromatic carbocycles. The first-order valence-electron chi connectivity index (χ1n) is 2.72. The van der Waals surface area contributed by atoms with Gasteiger partial charge in [0.15, 0.2) is 0 Å². The van der Waals surface area contributed by atoms with Crippen LogP contribution in [0.25, 0.3) is 0 Å². The van der Waals surface area contributed by atoms with Crippen LogP contribution < -0.4 is 0 Å². The highest BCUT2D eigenvalue weighted by molar-refractivity contribution is 5.72. The number of allylic oxidation sites excluding steroid dienone is 1. The summed E-state index contributed by atoms with van der Waals surface area (Å²) in [5.74, 6) is 0. The second kappa shape index (κ2) is 2.62. The molecule has 1 heterocycles. The molecule has 0 aromatic rings. The van der Waals surface area contributed by atoms with Gasteiger partial charge in [-0.3, -0.25) is 4.99 Å². The molecule has 2 heteroatoms. The van der Waals surface area contributed by atoms with E-state index in [9.17, 15) is 0 Å². The number of aliphatic hydroxyl groups excluding tert-OH is 1. The summed E-state index contributed by atoms with van der Waals surface area (Å²) in [5, 5.41) is 8.54. The van der Waals surface area contributed by atoms with E-state index in [2.05, 4.69) is 4.99 Å². The maximum Gasteiger partial charge on any atom is 0.0764 e. The van der Waals surface area contributed by atoms with Gasteiger partial charge in [-0.15, -0.1) is 0 Å². The van der Waals surface area contributed by atoms with Crippen LogP contribution in [0.2, 0.25) is 0 Å². The predicted octanol–water partition coefficient (Wildman–Crippen LogP) is 0.378. The van der Waals surface area contributed by atoms with E-state index in [1.54, 1.807) is 6.21 Å². The first-order valence-corrected chi connectivity index (χ1v) is 2.72. The van der Waals surface area contributed by atoms with Gasteiger partial charge >= 0.3 is 0 Å². The summed E-state index contributed by atoms with van der Waals surface area (Å²) >= 11 is 0. The molecule has 44 valence electrons. The number of aliphatic hydroxyl groups is 1. The molecule has 8 heavy (non-hydrogen) atoms. The van der Waals surface area contributed by atoms with Crippen LogP contribution in [0, 0.1) is 0 Å². The second-order valence-corrected chi connectivity index (χ2v) is 1.80. The van der Waals surface area contributed by atoms with Gasteiger partial charge in [-0.25, -0.2) is 0 Å². The van der Waals surface area contributed by atoms with Gasteiger partial charge in [0.1, 0.15) is 0 Å². The van der Waals surface area contributed by atoms with Gasteiger partial charge < -0.3 is 5.11 Å². The Bertz CT molecular complexity index is 118. The summed E-state index contributed by atoms with van der Waals surface area (Å²) in [4.78, 5) is 3.99. The molecule has 0 radical (unpaired) electrons. The first-order chi connectivity index (χ1) is 3.93. The molecule has 0 amide bonds. The van der Waals surface area contributed by atoms with E-state index < -0.39 is 0 Å². The quantitative estimate of drug-likeness (QED) is 0.521. The third kappa shape index (κ3) is 1.17. The van der Waals surface area contributed by atoms with Crippen molar-refractivity contribution in [3.63, 3.8) is 0 Å². The van der Waals surface area contributed by atoms with Crippen LogP contribution in [0.1, 0.15) is 6.42 Å². The molecule has 2 nitrogen and oxygen atoms in total. The van der Waals surface area contributed by atoms with Crippen molar-refractivity contribution < 1.29 is 5.11 Å². The Kier molecular flexibility index (Phi) is 1.80. The van der Waals surface area contributed by atoms with E-state index in [1.807, 2.05) is 12.2 Å². The Labute approximate surface area is 48.6 Å². The summed E-state index contributed by atoms with van der Waals surface area (Å²) in [5.41, 5.74) is 0. The second-order valence-electron chi connectivity index (χ2n) is 1.80. The molecule has 0 bridgehead atoms. The Morgan fingerprint density at radius 3 is 3.00 bits per heavy atom. The molecule has 1 N–H and O–H groups in total. The topological polar surface area (TPSA) is 32.6 Å². The summed E-state index contributed by atoms with van der Waals surface area (Å²) in [6, 6.07) is 0.125. The van der Waals surface area contributed by atoms with Crippen molar-refractivity contribution in [1.82, 2.24) is 0 Å². The Hall–Kier alpha value is -0.630. The van der Waals surface area contributed by atoms with Crippen LogP contribution >= 0.6 is 0 Å². The van der Waals surface area contributed by atoms with Crippen molar-refractivity contribution in [2.24, 2.45) is 4.99 Å². The number of rotatable bonds is 1. The average Bonchev–Trinajstić information content (AvgIpc) is 1.90. The fraction of sp³-hybridized carbons (Fsp3) is 0.500. The van der Waals surface area contributed by atoms with E-state index in [4.69, 9.17) is 5.11 Å². The Balaban J connectivity index is 2.40. The van der Waals surface area contributed by atoms with E-state index in [1.165, 1.54) is 0 Å². The van der Waals surface area contributed by atoms with Gasteiger partial charge in [0.25, 0.3) is 0 Å². The third-order valence-electron chi connectivity index (χ3n) is 1.14. The molecule has 1 aliphatic rings. The number of nitrogens with zero attached hydrogens (tertiary/aromatic N) is 1. The summed E-state index contributed by atoms with van der Waals surface area (Å²) < 4.78 is 0. The first kappa shape index (κ1) is 5.51. The largest absolute Gasteiger partial charge is 0.394 e. The van der Waals surface area contributed by atoms with Crippen LogP contribution in [0.4, 0.5) is 0 Å². The minimum atomic E-state index is 0.125. The number of aliphatic imine (C=N–C) groups is 1. The molecule has 1 atom stereocenters. The smallest absolute Gasteiger partial charge is 0.0764 e. The fourth-order valence-electron chi connectivity index (χ4n) is 0.650. The Morgan fingerprint density at radius 1 is 1.75 bits per heavy atom. The lowest BCUT2D eigenvalue weighted by molar-refractivity contribution is 0.267. The molecule has 0 saturated heterocycles. The lowest BCUT2D eigenvalue weighted by Gasteiger charge is -2.06. The van der Waals surface area contributed by atoms with Crippen molar-refractivity contribution >= 4 is 6.21 Å². The molecule has 0 fully saturated rings. The lowest BCUT2D eigenvalue weighted by Crippen LogP contribution is -2.10. The van der Waals surface area contributed by atoms with E-state index in [0.29, 0.717) is 0 Å². The van der Waals surface area contributed by atoms with E-state index in [0.717, 1.165) is 6.42 Å². The SMILES string of the molecule is OCC1CC=CC=N1. The fourth-order valence-corrected chi connectivity index (χ4v) is 0.650. The zero-order chi connectivity index (χ0) is 5.82. The van der Waals surface area contributed by atoms with Crippen molar-refractivity contribution in [2.45, 2.75) is 12.5 Å². The van der Waals surface area contributed by atoms with Crippen molar-refractivity contribution in [3.05, 3.63) is 12.2 Å². The van der Waals surface area contributed by atoms with Crippen LogP contribution in [-0.4, -0.2) is 24.0 Å². The molecular formula is C6H9NO.